The number of aromatic nitrogens is 1. The second-order valence-corrected chi connectivity index (χ2v) is 5.27. The van der Waals surface area contributed by atoms with Crippen LogP contribution in [0.1, 0.15) is 0 Å². The quantitative estimate of drug-likeness (QED) is 0.700. The highest BCUT2D eigenvalue weighted by Gasteiger charge is 2.30. The average Bonchev–Trinajstić information content (AvgIpc) is 2.86. The molecule has 0 aliphatic carbocycles. The van der Waals surface area contributed by atoms with Crippen molar-refractivity contribution in [1.29, 1.82) is 0 Å². The zero-order chi connectivity index (χ0) is 18.0. The van der Waals surface area contributed by atoms with Gasteiger partial charge in [0.25, 0.3) is 0 Å². The molecule has 3 rings (SSSR count). The minimum Gasteiger partial charge on any atom is -0.408 e. The Morgan fingerprint density at radius 1 is 1.08 bits per heavy atom. The molecule has 2 aromatic carbocycles. The van der Waals surface area contributed by atoms with Crippen LogP contribution in [0.2, 0.25) is 0 Å². The smallest absolute Gasteiger partial charge is 0.408 e. The van der Waals surface area contributed by atoms with Gasteiger partial charge in [-0.15, -0.1) is 13.2 Å². The monoisotopic (exact) mass is 353 g/mol. The predicted molar refractivity (Wildman–Crippen MR) is 84.5 cm³/mol. The summed E-state index contributed by atoms with van der Waals surface area (Å²) in [5, 5.41) is 0. The molecule has 132 valence electrons. The first-order valence-electron chi connectivity index (χ1n) is 7.36. The Hall–Kier alpha value is -2.74. The molecular formula is C17H14F3NO4. The number of hydrogen-bond acceptors (Lipinski definition) is 4. The lowest BCUT2D eigenvalue weighted by Gasteiger charge is -2.09. The molecule has 8 heteroatoms. The number of ether oxygens (including phenoxy) is 2. The Bertz CT molecular complexity index is 926. The third-order valence-corrected chi connectivity index (χ3v) is 3.61. The SMILES string of the molecule is COCCn1c(=O)oc2ccc(-c3ccc(OC(F)(F)F)cc3)cc21. The van der Waals surface area contributed by atoms with Gasteiger partial charge in [-0.2, -0.15) is 0 Å². The van der Waals surface area contributed by atoms with Gasteiger partial charge in [0.2, 0.25) is 0 Å². The second-order valence-electron chi connectivity index (χ2n) is 5.27. The highest BCUT2D eigenvalue weighted by Crippen LogP contribution is 2.28. The van der Waals surface area contributed by atoms with Crippen molar-refractivity contribution in [2.45, 2.75) is 12.9 Å². The molecule has 0 bridgehead atoms. The summed E-state index contributed by atoms with van der Waals surface area (Å²) in [5.74, 6) is -0.782. The second kappa shape index (κ2) is 6.64. The van der Waals surface area contributed by atoms with Crippen LogP contribution in [0.5, 0.6) is 5.75 Å². The zero-order valence-corrected chi connectivity index (χ0v) is 13.2. The molecule has 5 nitrogen and oxygen atoms in total. The van der Waals surface area contributed by atoms with Gasteiger partial charge in [-0.1, -0.05) is 18.2 Å². The molecule has 0 saturated carbocycles. The molecule has 0 atom stereocenters. The van der Waals surface area contributed by atoms with Crippen molar-refractivity contribution < 1.29 is 27.1 Å². The molecule has 25 heavy (non-hydrogen) atoms. The van der Waals surface area contributed by atoms with Crippen molar-refractivity contribution in [3.05, 3.63) is 53.0 Å². The summed E-state index contributed by atoms with van der Waals surface area (Å²) in [6.45, 7) is 0.687. The fourth-order valence-corrected chi connectivity index (χ4v) is 2.49. The molecule has 0 aliphatic heterocycles. The summed E-state index contributed by atoms with van der Waals surface area (Å²) in [4.78, 5) is 11.9. The molecule has 0 spiro atoms. The number of nitrogens with zero attached hydrogens (tertiary/aromatic N) is 1. The van der Waals surface area contributed by atoms with E-state index in [1.54, 1.807) is 18.2 Å². The third-order valence-electron chi connectivity index (χ3n) is 3.61. The van der Waals surface area contributed by atoms with Crippen LogP contribution in [0, 0.1) is 0 Å². The molecule has 0 N–H and O–H groups in total. The number of alkyl halides is 3. The number of hydrogen-bond donors (Lipinski definition) is 0. The first-order valence-corrected chi connectivity index (χ1v) is 7.36. The predicted octanol–water partition coefficient (Wildman–Crippen LogP) is 3.81. The number of oxazole rings is 1. The van der Waals surface area contributed by atoms with Crippen molar-refractivity contribution >= 4 is 11.1 Å². The molecule has 3 aromatic rings. The minimum absolute atomic E-state index is 0.294. The van der Waals surface area contributed by atoms with E-state index in [0.29, 0.717) is 29.8 Å². The van der Waals surface area contributed by atoms with Gasteiger partial charge >= 0.3 is 12.1 Å². The Morgan fingerprint density at radius 3 is 2.40 bits per heavy atom. The van der Waals surface area contributed by atoms with Crippen LogP contribution < -0.4 is 10.5 Å². The van der Waals surface area contributed by atoms with E-state index in [9.17, 15) is 18.0 Å². The van der Waals surface area contributed by atoms with Crippen molar-refractivity contribution in [1.82, 2.24) is 4.57 Å². The van der Waals surface area contributed by atoms with Crippen LogP contribution in [0.25, 0.3) is 22.2 Å². The summed E-state index contributed by atoms with van der Waals surface area (Å²) >= 11 is 0. The molecule has 1 aromatic heterocycles. The molecule has 0 fully saturated rings. The zero-order valence-electron chi connectivity index (χ0n) is 13.2. The first-order chi connectivity index (χ1) is 11.9. The molecule has 0 unspecified atom stereocenters. The van der Waals surface area contributed by atoms with Crippen LogP contribution in [0.3, 0.4) is 0 Å². The number of halogens is 3. The molecule has 1 heterocycles. The fraction of sp³-hybridized carbons (Fsp3) is 0.235. The normalized spacial score (nSPS) is 11.8. The topological polar surface area (TPSA) is 53.6 Å². The Morgan fingerprint density at radius 2 is 1.76 bits per heavy atom. The van der Waals surface area contributed by atoms with Crippen LogP contribution in [0.4, 0.5) is 13.2 Å². The number of benzene rings is 2. The summed E-state index contributed by atoms with van der Waals surface area (Å²) in [6.07, 6.45) is -4.73. The Balaban J connectivity index is 1.94. The van der Waals surface area contributed by atoms with E-state index < -0.39 is 12.1 Å². The maximum atomic E-state index is 12.2. The highest BCUT2D eigenvalue weighted by atomic mass is 19.4. The van der Waals surface area contributed by atoms with E-state index in [-0.39, 0.29) is 5.75 Å². The molecule has 0 saturated heterocycles. The van der Waals surface area contributed by atoms with Gasteiger partial charge < -0.3 is 13.9 Å². The van der Waals surface area contributed by atoms with Gasteiger partial charge in [0, 0.05) is 7.11 Å². The van der Waals surface area contributed by atoms with E-state index in [4.69, 9.17) is 9.15 Å². The van der Waals surface area contributed by atoms with Crippen molar-refractivity contribution in [3.8, 4) is 16.9 Å². The van der Waals surface area contributed by atoms with E-state index in [0.717, 1.165) is 5.56 Å². The Labute approximate surface area is 140 Å². The molecule has 0 amide bonds. The largest absolute Gasteiger partial charge is 0.573 e. The lowest BCUT2D eigenvalue weighted by atomic mass is 10.1. The maximum Gasteiger partial charge on any atom is 0.573 e. The van der Waals surface area contributed by atoms with Crippen molar-refractivity contribution in [2.75, 3.05) is 13.7 Å². The van der Waals surface area contributed by atoms with Crippen LogP contribution in [-0.4, -0.2) is 24.6 Å². The van der Waals surface area contributed by atoms with E-state index in [1.165, 1.54) is 35.9 Å². The summed E-state index contributed by atoms with van der Waals surface area (Å²) in [6, 6.07) is 10.6. The van der Waals surface area contributed by atoms with Crippen molar-refractivity contribution in [2.24, 2.45) is 0 Å². The van der Waals surface area contributed by atoms with Gasteiger partial charge in [0.05, 0.1) is 18.7 Å². The van der Waals surface area contributed by atoms with Gasteiger partial charge in [-0.3, -0.25) is 4.57 Å². The molecule has 0 radical (unpaired) electrons. The van der Waals surface area contributed by atoms with Gasteiger partial charge in [-0.05, 0) is 35.4 Å². The lowest BCUT2D eigenvalue weighted by Crippen LogP contribution is -2.17. The summed E-state index contributed by atoms with van der Waals surface area (Å²) in [5.41, 5.74) is 2.44. The van der Waals surface area contributed by atoms with Gasteiger partial charge in [0.15, 0.2) is 5.58 Å². The number of fused-ring (bicyclic) bond motifs is 1. The van der Waals surface area contributed by atoms with Crippen LogP contribution in [0.15, 0.2) is 51.7 Å². The van der Waals surface area contributed by atoms with E-state index >= 15 is 0 Å². The third kappa shape index (κ3) is 3.85. The lowest BCUT2D eigenvalue weighted by molar-refractivity contribution is -0.274. The maximum absolute atomic E-state index is 12.2. The summed E-state index contributed by atoms with van der Waals surface area (Å²) in [7, 11) is 1.53. The Kier molecular flexibility index (Phi) is 4.54. The van der Waals surface area contributed by atoms with E-state index in [2.05, 4.69) is 4.74 Å². The summed E-state index contributed by atoms with van der Waals surface area (Å²) < 4.78 is 52.1. The standard InChI is InChI=1S/C17H14F3NO4/c1-23-9-8-21-14-10-12(4-7-15(14)24-16(21)22)11-2-5-13(6-3-11)25-17(18,19)20/h2-7,10H,8-9H2,1H3. The van der Waals surface area contributed by atoms with Gasteiger partial charge in [0.1, 0.15) is 5.75 Å². The van der Waals surface area contributed by atoms with E-state index in [1.807, 2.05) is 0 Å². The van der Waals surface area contributed by atoms with Crippen molar-refractivity contribution in [3.63, 3.8) is 0 Å². The molecule has 0 aliphatic rings. The molecular weight excluding hydrogens is 339 g/mol. The first kappa shape index (κ1) is 17.1. The highest BCUT2D eigenvalue weighted by molar-refractivity contribution is 5.80. The van der Waals surface area contributed by atoms with Crippen LogP contribution in [-0.2, 0) is 11.3 Å². The minimum atomic E-state index is -4.73. The average molecular weight is 353 g/mol. The number of methoxy groups -OCH3 is 1. The van der Waals surface area contributed by atoms with Gasteiger partial charge in [-0.25, -0.2) is 4.79 Å². The number of rotatable bonds is 5. The fourth-order valence-electron chi connectivity index (χ4n) is 2.49. The van der Waals surface area contributed by atoms with Crippen LogP contribution >= 0.6 is 0 Å².